The van der Waals surface area contributed by atoms with E-state index in [1.807, 2.05) is 6.92 Å². The van der Waals surface area contributed by atoms with Crippen molar-refractivity contribution in [2.45, 2.75) is 25.6 Å². The fourth-order valence-electron chi connectivity index (χ4n) is 1.92. The summed E-state index contributed by atoms with van der Waals surface area (Å²) in [5.41, 5.74) is 1.50. The van der Waals surface area contributed by atoms with Gasteiger partial charge in [0.05, 0.1) is 11.6 Å². The molecule has 4 nitrogen and oxygen atoms in total. The normalized spacial score (nSPS) is 19.4. The highest BCUT2D eigenvalue weighted by molar-refractivity contribution is 9.10. The van der Waals surface area contributed by atoms with Crippen LogP contribution in [0.3, 0.4) is 0 Å². The van der Waals surface area contributed by atoms with Gasteiger partial charge in [-0.05, 0) is 46.1 Å². The SMILES string of the molecule is COC(=O)C(O)c1cc(Br)c2c(c1)CC(C)O2. The van der Waals surface area contributed by atoms with Crippen LogP contribution in [0.5, 0.6) is 5.75 Å². The molecule has 2 unspecified atom stereocenters. The molecule has 0 spiro atoms. The zero-order valence-electron chi connectivity index (χ0n) is 9.57. The summed E-state index contributed by atoms with van der Waals surface area (Å²) in [6.45, 7) is 1.98. The Morgan fingerprint density at radius 2 is 2.35 bits per heavy atom. The van der Waals surface area contributed by atoms with Gasteiger partial charge in [0.1, 0.15) is 11.9 Å². The molecule has 92 valence electrons. The van der Waals surface area contributed by atoms with E-state index in [0.717, 1.165) is 22.2 Å². The number of rotatable bonds is 2. The molecule has 1 aromatic carbocycles. The Morgan fingerprint density at radius 3 is 3.00 bits per heavy atom. The lowest BCUT2D eigenvalue weighted by molar-refractivity contribution is -0.150. The second-order valence-corrected chi connectivity index (χ2v) is 4.90. The largest absolute Gasteiger partial charge is 0.489 e. The number of benzene rings is 1. The summed E-state index contributed by atoms with van der Waals surface area (Å²) in [6, 6.07) is 3.46. The Labute approximate surface area is 108 Å². The van der Waals surface area contributed by atoms with Crippen molar-refractivity contribution in [2.24, 2.45) is 0 Å². The highest BCUT2D eigenvalue weighted by atomic mass is 79.9. The highest BCUT2D eigenvalue weighted by Gasteiger charge is 2.26. The van der Waals surface area contributed by atoms with Crippen LogP contribution < -0.4 is 4.74 Å². The monoisotopic (exact) mass is 300 g/mol. The molecule has 0 bridgehead atoms. The van der Waals surface area contributed by atoms with Gasteiger partial charge in [-0.15, -0.1) is 0 Å². The molecule has 0 saturated carbocycles. The zero-order valence-corrected chi connectivity index (χ0v) is 11.2. The molecule has 1 aromatic rings. The van der Waals surface area contributed by atoms with Crippen LogP contribution in [0.2, 0.25) is 0 Å². The fourth-order valence-corrected chi connectivity index (χ4v) is 2.53. The van der Waals surface area contributed by atoms with E-state index >= 15 is 0 Å². The first-order chi connectivity index (χ1) is 8.02. The molecule has 0 amide bonds. The number of aliphatic hydroxyl groups is 1. The van der Waals surface area contributed by atoms with Crippen molar-refractivity contribution in [3.8, 4) is 5.75 Å². The molecular weight excluding hydrogens is 288 g/mol. The topological polar surface area (TPSA) is 55.8 Å². The van der Waals surface area contributed by atoms with Gasteiger partial charge in [-0.3, -0.25) is 0 Å². The van der Waals surface area contributed by atoms with E-state index in [2.05, 4.69) is 20.7 Å². The first kappa shape index (κ1) is 12.4. The van der Waals surface area contributed by atoms with Crippen LogP contribution in [0.4, 0.5) is 0 Å². The smallest absolute Gasteiger partial charge is 0.339 e. The van der Waals surface area contributed by atoms with Crippen LogP contribution in [-0.2, 0) is 16.0 Å². The summed E-state index contributed by atoms with van der Waals surface area (Å²) < 4.78 is 10.9. The molecule has 1 aliphatic heterocycles. The van der Waals surface area contributed by atoms with Crippen molar-refractivity contribution in [1.29, 1.82) is 0 Å². The number of hydrogen-bond donors (Lipinski definition) is 1. The lowest BCUT2D eigenvalue weighted by atomic mass is 10.0. The lowest BCUT2D eigenvalue weighted by Crippen LogP contribution is -2.13. The summed E-state index contributed by atoms with van der Waals surface area (Å²) in [5, 5.41) is 9.77. The Balaban J connectivity index is 2.36. The van der Waals surface area contributed by atoms with Gasteiger partial charge in [0.25, 0.3) is 0 Å². The first-order valence-corrected chi connectivity index (χ1v) is 6.07. The summed E-state index contributed by atoms with van der Waals surface area (Å²) >= 11 is 3.38. The fraction of sp³-hybridized carbons (Fsp3) is 0.417. The number of halogens is 1. The maximum Gasteiger partial charge on any atom is 0.339 e. The lowest BCUT2D eigenvalue weighted by Gasteiger charge is -2.11. The van der Waals surface area contributed by atoms with Gasteiger partial charge < -0.3 is 14.6 Å². The van der Waals surface area contributed by atoms with Crippen LogP contribution in [0.15, 0.2) is 16.6 Å². The molecule has 1 N–H and O–H groups in total. The van der Waals surface area contributed by atoms with Crippen LogP contribution in [0.1, 0.15) is 24.2 Å². The van der Waals surface area contributed by atoms with Crippen molar-refractivity contribution in [3.63, 3.8) is 0 Å². The second kappa shape index (κ2) is 4.66. The summed E-state index contributed by atoms with van der Waals surface area (Å²) in [5.74, 6) is 0.127. The maximum atomic E-state index is 11.3. The quantitative estimate of drug-likeness (QED) is 0.849. The first-order valence-electron chi connectivity index (χ1n) is 5.27. The van der Waals surface area contributed by atoms with E-state index in [0.29, 0.717) is 5.56 Å². The van der Waals surface area contributed by atoms with Crippen LogP contribution in [-0.4, -0.2) is 24.3 Å². The molecule has 0 aromatic heterocycles. The van der Waals surface area contributed by atoms with Gasteiger partial charge >= 0.3 is 5.97 Å². The molecular formula is C12H13BrO4. The second-order valence-electron chi connectivity index (χ2n) is 4.05. The zero-order chi connectivity index (χ0) is 12.6. The van der Waals surface area contributed by atoms with E-state index in [1.54, 1.807) is 12.1 Å². The third-order valence-electron chi connectivity index (χ3n) is 2.71. The number of esters is 1. The number of hydrogen-bond acceptors (Lipinski definition) is 4. The number of fused-ring (bicyclic) bond motifs is 1. The summed E-state index contributed by atoms with van der Waals surface area (Å²) in [4.78, 5) is 11.3. The molecule has 1 heterocycles. The van der Waals surface area contributed by atoms with Crippen molar-refractivity contribution in [1.82, 2.24) is 0 Å². The predicted octanol–water partition coefficient (Wildman–Crippen LogP) is 1.98. The molecule has 5 heteroatoms. The van der Waals surface area contributed by atoms with Gasteiger partial charge in [-0.1, -0.05) is 0 Å². The van der Waals surface area contributed by atoms with Gasteiger partial charge in [-0.2, -0.15) is 0 Å². The molecule has 2 atom stereocenters. The molecule has 0 saturated heterocycles. The minimum absolute atomic E-state index is 0.117. The van der Waals surface area contributed by atoms with Gasteiger partial charge in [0, 0.05) is 6.42 Å². The van der Waals surface area contributed by atoms with Crippen LogP contribution in [0.25, 0.3) is 0 Å². The number of carbonyl (C=O) groups is 1. The molecule has 2 rings (SSSR count). The van der Waals surface area contributed by atoms with Crippen molar-refractivity contribution in [2.75, 3.05) is 7.11 Å². The molecule has 0 aliphatic carbocycles. The summed E-state index contributed by atoms with van der Waals surface area (Å²) in [7, 11) is 1.25. The summed E-state index contributed by atoms with van der Waals surface area (Å²) in [6.07, 6.45) is -0.361. The predicted molar refractivity (Wildman–Crippen MR) is 64.9 cm³/mol. The maximum absolute atomic E-state index is 11.3. The number of carbonyl (C=O) groups excluding carboxylic acids is 1. The van der Waals surface area contributed by atoms with Gasteiger partial charge in [-0.25, -0.2) is 4.79 Å². The minimum Gasteiger partial charge on any atom is -0.489 e. The highest BCUT2D eigenvalue weighted by Crippen LogP contribution is 2.38. The van der Waals surface area contributed by atoms with Crippen molar-refractivity contribution in [3.05, 3.63) is 27.7 Å². The number of ether oxygens (including phenoxy) is 2. The van der Waals surface area contributed by atoms with E-state index in [9.17, 15) is 9.90 Å². The number of methoxy groups -OCH3 is 1. The molecule has 0 radical (unpaired) electrons. The Morgan fingerprint density at radius 1 is 1.65 bits per heavy atom. The van der Waals surface area contributed by atoms with Crippen molar-refractivity contribution < 1.29 is 19.4 Å². The molecule has 17 heavy (non-hydrogen) atoms. The van der Waals surface area contributed by atoms with Gasteiger partial charge in [0.2, 0.25) is 0 Å². The molecule has 0 fully saturated rings. The third kappa shape index (κ3) is 2.30. The third-order valence-corrected chi connectivity index (χ3v) is 3.30. The Hall–Kier alpha value is -1.07. The average Bonchev–Trinajstić information content (AvgIpc) is 2.68. The molecule has 1 aliphatic rings. The average molecular weight is 301 g/mol. The van der Waals surface area contributed by atoms with Crippen LogP contribution >= 0.6 is 15.9 Å². The van der Waals surface area contributed by atoms with E-state index < -0.39 is 12.1 Å². The number of aliphatic hydroxyl groups excluding tert-OH is 1. The van der Waals surface area contributed by atoms with E-state index in [4.69, 9.17) is 4.74 Å². The van der Waals surface area contributed by atoms with Crippen LogP contribution in [0, 0.1) is 0 Å². The standard InChI is InChI=1S/C12H13BrO4/c1-6-3-8-4-7(10(14)12(15)16-2)5-9(13)11(8)17-6/h4-6,10,14H,3H2,1-2H3. The van der Waals surface area contributed by atoms with Gasteiger partial charge in [0.15, 0.2) is 6.10 Å². The Bertz CT molecular complexity index is 458. The van der Waals surface area contributed by atoms with E-state index in [1.165, 1.54) is 7.11 Å². The Kier molecular flexibility index (Phi) is 3.40. The van der Waals surface area contributed by atoms with Crippen molar-refractivity contribution >= 4 is 21.9 Å². The van der Waals surface area contributed by atoms with E-state index in [-0.39, 0.29) is 6.10 Å². The minimum atomic E-state index is -1.25.